The van der Waals surface area contributed by atoms with Gasteiger partial charge in [-0.05, 0) is 52.2 Å². The highest BCUT2D eigenvalue weighted by Crippen LogP contribution is 2.39. The first kappa shape index (κ1) is 13.4. The maximum Gasteiger partial charge on any atom is 0.231 e. The lowest BCUT2D eigenvalue weighted by Gasteiger charge is -2.07. The van der Waals surface area contributed by atoms with Gasteiger partial charge in [-0.3, -0.25) is 4.98 Å². The van der Waals surface area contributed by atoms with Crippen LogP contribution in [0.1, 0.15) is 16.8 Å². The van der Waals surface area contributed by atoms with Gasteiger partial charge in [-0.15, -0.1) is 0 Å². The summed E-state index contributed by atoms with van der Waals surface area (Å²) in [6.07, 6.45) is 1.90. The van der Waals surface area contributed by atoms with Crippen LogP contribution in [-0.4, -0.2) is 11.8 Å². The van der Waals surface area contributed by atoms with Crippen molar-refractivity contribution in [2.24, 2.45) is 0 Å². The van der Waals surface area contributed by atoms with E-state index in [4.69, 9.17) is 9.47 Å². The summed E-state index contributed by atoms with van der Waals surface area (Å²) in [6.45, 7) is 3.84. The van der Waals surface area contributed by atoms with E-state index in [0.717, 1.165) is 40.3 Å². The lowest BCUT2D eigenvalue weighted by molar-refractivity contribution is 0.173. The van der Waals surface area contributed by atoms with Gasteiger partial charge in [0.2, 0.25) is 6.79 Å². The van der Waals surface area contributed by atoms with E-state index in [1.165, 1.54) is 5.56 Å². The van der Waals surface area contributed by atoms with Crippen LogP contribution in [0.25, 0.3) is 0 Å². The highest BCUT2D eigenvalue weighted by atomic mass is 79.9. The molecule has 0 unspecified atom stereocenters. The zero-order valence-corrected chi connectivity index (χ0v) is 12.7. The van der Waals surface area contributed by atoms with Gasteiger partial charge in [0.15, 0.2) is 11.5 Å². The number of benzene rings is 1. The van der Waals surface area contributed by atoms with Crippen LogP contribution in [0.5, 0.6) is 11.5 Å². The summed E-state index contributed by atoms with van der Waals surface area (Å²) in [5, 5.41) is 3.40. The van der Waals surface area contributed by atoms with Gasteiger partial charge in [-0.2, -0.15) is 0 Å². The second-order valence-electron chi connectivity index (χ2n) is 4.72. The summed E-state index contributed by atoms with van der Waals surface area (Å²) in [4.78, 5) is 4.28. The first-order chi connectivity index (χ1) is 9.72. The number of nitrogens with one attached hydrogen (secondary N) is 1. The fraction of sp³-hybridized carbons (Fsp3) is 0.267. The van der Waals surface area contributed by atoms with Gasteiger partial charge in [0.05, 0.1) is 4.47 Å². The van der Waals surface area contributed by atoms with Crippen LogP contribution in [0.2, 0.25) is 0 Å². The monoisotopic (exact) mass is 334 g/mol. The molecule has 0 atom stereocenters. The molecule has 1 aromatic carbocycles. The Morgan fingerprint density at radius 1 is 1.20 bits per heavy atom. The number of halogens is 1. The van der Waals surface area contributed by atoms with Crippen LogP contribution in [0.15, 0.2) is 34.9 Å². The highest BCUT2D eigenvalue weighted by Gasteiger charge is 2.17. The molecule has 1 aliphatic rings. The Labute approximate surface area is 126 Å². The summed E-state index contributed by atoms with van der Waals surface area (Å²) < 4.78 is 11.7. The zero-order chi connectivity index (χ0) is 13.9. The number of rotatable bonds is 4. The smallest absolute Gasteiger partial charge is 0.231 e. The molecular formula is C15H15BrN2O2. The molecule has 0 bridgehead atoms. The number of nitrogens with zero attached hydrogens (tertiary/aromatic N) is 1. The molecule has 0 aliphatic carbocycles. The Morgan fingerprint density at radius 3 is 2.85 bits per heavy atom. The molecule has 104 valence electrons. The molecule has 1 N–H and O–H groups in total. The van der Waals surface area contributed by atoms with Gasteiger partial charge in [0, 0.05) is 25.0 Å². The molecule has 0 spiro atoms. The topological polar surface area (TPSA) is 43.4 Å². The fourth-order valence-corrected chi connectivity index (χ4v) is 2.68. The zero-order valence-electron chi connectivity index (χ0n) is 11.1. The molecule has 0 saturated carbocycles. The molecule has 1 aromatic heterocycles. The average molecular weight is 335 g/mol. The maximum absolute atomic E-state index is 5.41. The van der Waals surface area contributed by atoms with Gasteiger partial charge in [-0.1, -0.05) is 6.07 Å². The molecule has 3 rings (SSSR count). The van der Waals surface area contributed by atoms with Gasteiger partial charge in [-0.25, -0.2) is 0 Å². The van der Waals surface area contributed by atoms with Crippen LogP contribution >= 0.6 is 15.9 Å². The van der Waals surface area contributed by atoms with Crippen LogP contribution in [0.3, 0.4) is 0 Å². The van der Waals surface area contributed by atoms with E-state index in [0.29, 0.717) is 6.79 Å². The molecule has 0 radical (unpaired) electrons. The molecule has 0 fully saturated rings. The summed E-state index contributed by atoms with van der Waals surface area (Å²) in [6, 6.07) is 8.17. The molecule has 1 aliphatic heterocycles. The Hall–Kier alpha value is -1.59. The second kappa shape index (κ2) is 5.81. The third-order valence-electron chi connectivity index (χ3n) is 3.12. The summed E-state index contributed by atoms with van der Waals surface area (Å²) in [7, 11) is 0. The summed E-state index contributed by atoms with van der Waals surface area (Å²) in [5.74, 6) is 1.59. The van der Waals surface area contributed by atoms with Gasteiger partial charge >= 0.3 is 0 Å². The number of hydrogen-bond donors (Lipinski definition) is 1. The Kier molecular flexibility index (Phi) is 3.89. The van der Waals surface area contributed by atoms with E-state index in [1.54, 1.807) is 0 Å². The van der Waals surface area contributed by atoms with Crippen LogP contribution in [0, 0.1) is 6.92 Å². The number of hydrogen-bond acceptors (Lipinski definition) is 4. The normalized spacial score (nSPS) is 12.7. The fourth-order valence-electron chi connectivity index (χ4n) is 2.08. The van der Waals surface area contributed by atoms with Crippen molar-refractivity contribution in [3.05, 3.63) is 51.8 Å². The number of pyridine rings is 1. The predicted octanol–water partition coefficient (Wildman–Crippen LogP) is 3.17. The molecule has 20 heavy (non-hydrogen) atoms. The standard InChI is InChI=1S/C15H15BrN2O2/c1-10-2-3-11(8-18-10)6-17-7-12-4-13(16)15-14(5-12)19-9-20-15/h2-5,8,17H,6-7,9H2,1H3. The minimum Gasteiger partial charge on any atom is -0.454 e. The molecule has 2 heterocycles. The maximum atomic E-state index is 5.41. The number of fused-ring (bicyclic) bond motifs is 1. The molecule has 5 heteroatoms. The molecule has 0 saturated heterocycles. The van der Waals surface area contributed by atoms with Crippen molar-refractivity contribution in [1.29, 1.82) is 0 Å². The van der Waals surface area contributed by atoms with E-state index < -0.39 is 0 Å². The predicted molar refractivity (Wildman–Crippen MR) is 79.8 cm³/mol. The Bertz CT molecular complexity index is 614. The van der Waals surface area contributed by atoms with Gasteiger partial charge in [0.1, 0.15) is 0 Å². The van der Waals surface area contributed by atoms with E-state index in [-0.39, 0.29) is 0 Å². The van der Waals surface area contributed by atoms with E-state index in [9.17, 15) is 0 Å². The quantitative estimate of drug-likeness (QED) is 0.932. The molecule has 4 nitrogen and oxygen atoms in total. The van der Waals surface area contributed by atoms with Crippen molar-refractivity contribution in [2.45, 2.75) is 20.0 Å². The summed E-state index contributed by atoms with van der Waals surface area (Å²) >= 11 is 3.50. The number of aromatic nitrogens is 1. The van der Waals surface area contributed by atoms with Crippen molar-refractivity contribution in [2.75, 3.05) is 6.79 Å². The minimum atomic E-state index is 0.292. The first-order valence-corrected chi connectivity index (χ1v) is 7.22. The summed E-state index contributed by atoms with van der Waals surface area (Å²) in [5.41, 5.74) is 3.37. The lowest BCUT2D eigenvalue weighted by atomic mass is 10.2. The first-order valence-electron chi connectivity index (χ1n) is 6.42. The Balaban J connectivity index is 1.61. The van der Waals surface area contributed by atoms with Crippen molar-refractivity contribution < 1.29 is 9.47 Å². The van der Waals surface area contributed by atoms with Gasteiger partial charge < -0.3 is 14.8 Å². The highest BCUT2D eigenvalue weighted by molar-refractivity contribution is 9.10. The van der Waals surface area contributed by atoms with Gasteiger partial charge in [0.25, 0.3) is 0 Å². The van der Waals surface area contributed by atoms with Crippen LogP contribution in [-0.2, 0) is 13.1 Å². The van der Waals surface area contributed by atoms with Crippen molar-refractivity contribution in [1.82, 2.24) is 10.3 Å². The molecule has 0 amide bonds. The third-order valence-corrected chi connectivity index (χ3v) is 3.71. The molecule has 2 aromatic rings. The molecular weight excluding hydrogens is 320 g/mol. The SMILES string of the molecule is Cc1ccc(CNCc2cc(Br)c3c(c2)OCO3)cn1. The minimum absolute atomic E-state index is 0.292. The largest absolute Gasteiger partial charge is 0.454 e. The van der Waals surface area contributed by atoms with Crippen molar-refractivity contribution in [3.8, 4) is 11.5 Å². The van der Waals surface area contributed by atoms with Crippen molar-refractivity contribution >= 4 is 15.9 Å². The Morgan fingerprint density at radius 2 is 2.05 bits per heavy atom. The number of aryl methyl sites for hydroxylation is 1. The third kappa shape index (κ3) is 2.94. The van der Waals surface area contributed by atoms with E-state index >= 15 is 0 Å². The van der Waals surface area contributed by atoms with E-state index in [1.807, 2.05) is 31.3 Å². The van der Waals surface area contributed by atoms with Crippen LogP contribution in [0.4, 0.5) is 0 Å². The lowest BCUT2D eigenvalue weighted by Crippen LogP contribution is -2.12. The average Bonchev–Trinajstić information content (AvgIpc) is 2.90. The number of ether oxygens (including phenoxy) is 2. The van der Waals surface area contributed by atoms with E-state index in [2.05, 4.69) is 32.3 Å². The second-order valence-corrected chi connectivity index (χ2v) is 5.58. The van der Waals surface area contributed by atoms with Crippen molar-refractivity contribution in [3.63, 3.8) is 0 Å². The van der Waals surface area contributed by atoms with Crippen LogP contribution < -0.4 is 14.8 Å².